The quantitative estimate of drug-likeness (QED) is 0.827. The number of hydrogen-bond donors (Lipinski definition) is 1. The molecule has 0 amide bonds. The lowest BCUT2D eigenvalue weighted by Gasteiger charge is -2.30. The van der Waals surface area contributed by atoms with E-state index in [1.54, 1.807) is 0 Å². The number of benzene rings is 1. The van der Waals surface area contributed by atoms with E-state index in [2.05, 4.69) is 11.8 Å². The first-order chi connectivity index (χ1) is 9.15. The summed E-state index contributed by atoms with van der Waals surface area (Å²) in [6, 6.07) is 7.57. The van der Waals surface area contributed by atoms with Crippen LogP contribution in [0.3, 0.4) is 0 Å². The van der Waals surface area contributed by atoms with Crippen LogP contribution in [0.4, 0.5) is 0 Å². The third-order valence-electron chi connectivity index (χ3n) is 3.14. The molecule has 0 aliphatic carbocycles. The molecule has 19 heavy (non-hydrogen) atoms. The molecule has 1 saturated heterocycles. The number of rotatable bonds is 5. The van der Waals surface area contributed by atoms with Gasteiger partial charge in [0.25, 0.3) is 0 Å². The molecule has 104 valence electrons. The van der Waals surface area contributed by atoms with Crippen molar-refractivity contribution in [2.45, 2.75) is 13.0 Å². The molecule has 2 rings (SSSR count). The number of thiocarbonyl (C=S) groups is 1. The first-order valence-corrected chi connectivity index (χ1v) is 6.92. The molecular formula is C14H20N2O2S. The minimum atomic E-state index is 0.318. The summed E-state index contributed by atoms with van der Waals surface area (Å²) in [5.41, 5.74) is 6.41. The molecule has 0 spiro atoms. The van der Waals surface area contributed by atoms with Crippen molar-refractivity contribution < 1.29 is 9.47 Å². The van der Waals surface area contributed by atoms with Gasteiger partial charge in [0.15, 0.2) is 0 Å². The Morgan fingerprint density at radius 3 is 2.84 bits per heavy atom. The van der Waals surface area contributed by atoms with E-state index in [0.717, 1.165) is 37.6 Å². The van der Waals surface area contributed by atoms with E-state index in [0.29, 0.717) is 17.7 Å². The van der Waals surface area contributed by atoms with Crippen molar-refractivity contribution in [3.05, 3.63) is 29.8 Å². The Morgan fingerprint density at radius 2 is 2.21 bits per heavy atom. The zero-order chi connectivity index (χ0) is 13.7. The second-order valence-corrected chi connectivity index (χ2v) is 5.16. The Morgan fingerprint density at radius 1 is 1.47 bits per heavy atom. The summed E-state index contributed by atoms with van der Waals surface area (Å²) in [5, 5.41) is 0. The highest BCUT2D eigenvalue weighted by atomic mass is 32.1. The number of ether oxygens (including phenoxy) is 2. The Bertz CT molecular complexity index is 422. The maximum absolute atomic E-state index is 5.71. The Balaban J connectivity index is 1.74. The van der Waals surface area contributed by atoms with E-state index in [-0.39, 0.29) is 0 Å². The maximum atomic E-state index is 5.71. The number of morpholine rings is 1. The fraction of sp³-hybridized carbons (Fsp3) is 0.500. The molecule has 0 saturated carbocycles. The summed E-state index contributed by atoms with van der Waals surface area (Å²) < 4.78 is 11.2. The molecule has 0 radical (unpaired) electrons. The van der Waals surface area contributed by atoms with Crippen LogP contribution in [0, 0.1) is 0 Å². The average molecular weight is 280 g/mol. The van der Waals surface area contributed by atoms with Gasteiger partial charge in [-0.3, -0.25) is 4.90 Å². The van der Waals surface area contributed by atoms with Crippen molar-refractivity contribution in [1.82, 2.24) is 4.90 Å². The molecule has 1 aliphatic heterocycles. The molecule has 1 aliphatic rings. The lowest BCUT2D eigenvalue weighted by atomic mass is 10.2. The molecule has 1 atom stereocenters. The van der Waals surface area contributed by atoms with Crippen LogP contribution in [0.5, 0.6) is 5.75 Å². The van der Waals surface area contributed by atoms with Gasteiger partial charge in [-0.15, -0.1) is 0 Å². The fourth-order valence-corrected chi connectivity index (χ4v) is 2.24. The van der Waals surface area contributed by atoms with Crippen LogP contribution in [0.1, 0.15) is 12.5 Å². The van der Waals surface area contributed by atoms with Gasteiger partial charge in [0.1, 0.15) is 17.3 Å². The lowest BCUT2D eigenvalue weighted by molar-refractivity contribution is -0.0214. The van der Waals surface area contributed by atoms with Crippen molar-refractivity contribution in [3.8, 4) is 5.75 Å². The van der Waals surface area contributed by atoms with E-state index in [4.69, 9.17) is 27.4 Å². The Labute approximate surface area is 119 Å². The minimum absolute atomic E-state index is 0.318. The second-order valence-electron chi connectivity index (χ2n) is 4.72. The summed E-state index contributed by atoms with van der Waals surface area (Å²) >= 11 is 4.91. The summed E-state index contributed by atoms with van der Waals surface area (Å²) in [6.07, 6.45) is 0.318. The van der Waals surface area contributed by atoms with Crippen LogP contribution in [0.25, 0.3) is 0 Å². The predicted molar refractivity (Wildman–Crippen MR) is 79.7 cm³/mol. The zero-order valence-electron chi connectivity index (χ0n) is 11.2. The topological polar surface area (TPSA) is 47.7 Å². The number of nitrogens with zero attached hydrogens (tertiary/aromatic N) is 1. The minimum Gasteiger partial charge on any atom is -0.492 e. The summed E-state index contributed by atoms with van der Waals surface area (Å²) in [4.78, 5) is 2.77. The van der Waals surface area contributed by atoms with E-state index in [1.165, 1.54) is 0 Å². The van der Waals surface area contributed by atoms with Gasteiger partial charge in [0.05, 0.1) is 12.7 Å². The molecule has 0 aromatic heterocycles. The van der Waals surface area contributed by atoms with Gasteiger partial charge in [0.2, 0.25) is 0 Å². The van der Waals surface area contributed by atoms with E-state index < -0.39 is 0 Å². The van der Waals surface area contributed by atoms with Crippen molar-refractivity contribution in [1.29, 1.82) is 0 Å². The van der Waals surface area contributed by atoms with Gasteiger partial charge in [-0.2, -0.15) is 0 Å². The highest BCUT2D eigenvalue weighted by Crippen LogP contribution is 2.12. The maximum Gasteiger partial charge on any atom is 0.119 e. The average Bonchev–Trinajstić information content (AvgIpc) is 2.39. The largest absolute Gasteiger partial charge is 0.492 e. The predicted octanol–water partition coefficient (Wildman–Crippen LogP) is 1.42. The fourth-order valence-electron chi connectivity index (χ4n) is 2.10. The second kappa shape index (κ2) is 6.84. The van der Waals surface area contributed by atoms with Crippen molar-refractivity contribution in [2.24, 2.45) is 5.73 Å². The van der Waals surface area contributed by atoms with Gasteiger partial charge < -0.3 is 15.2 Å². The van der Waals surface area contributed by atoms with Gasteiger partial charge in [-0.25, -0.2) is 0 Å². The van der Waals surface area contributed by atoms with E-state index >= 15 is 0 Å². The molecule has 1 aromatic carbocycles. The third kappa shape index (κ3) is 4.45. The highest BCUT2D eigenvalue weighted by Gasteiger charge is 2.15. The molecule has 1 fully saturated rings. The molecule has 0 bridgehead atoms. The van der Waals surface area contributed by atoms with E-state index in [9.17, 15) is 0 Å². The normalized spacial score (nSPS) is 20.2. The van der Waals surface area contributed by atoms with Crippen LogP contribution in [0.2, 0.25) is 0 Å². The van der Waals surface area contributed by atoms with Gasteiger partial charge in [0, 0.05) is 25.2 Å². The van der Waals surface area contributed by atoms with Gasteiger partial charge in [-0.1, -0.05) is 12.2 Å². The van der Waals surface area contributed by atoms with Crippen LogP contribution in [-0.2, 0) is 4.74 Å². The standard InChI is InChI=1S/C14H20N2O2S/c1-11-10-16(6-8-17-11)7-9-18-13-4-2-12(3-5-13)14(15)19/h2-5,11H,6-10H2,1H3,(H2,15,19). The van der Waals surface area contributed by atoms with Crippen molar-refractivity contribution >= 4 is 17.2 Å². The monoisotopic (exact) mass is 280 g/mol. The van der Waals surface area contributed by atoms with Crippen LogP contribution in [0.15, 0.2) is 24.3 Å². The molecule has 5 heteroatoms. The molecule has 1 unspecified atom stereocenters. The first-order valence-electron chi connectivity index (χ1n) is 6.52. The molecule has 4 nitrogen and oxygen atoms in total. The SMILES string of the molecule is CC1CN(CCOc2ccc(C(N)=S)cc2)CCO1. The first kappa shape index (κ1) is 14.2. The molecular weight excluding hydrogens is 260 g/mol. The number of nitrogens with two attached hydrogens (primary N) is 1. The van der Waals surface area contributed by atoms with Crippen molar-refractivity contribution in [2.75, 3.05) is 32.8 Å². The molecule has 2 N–H and O–H groups in total. The molecule has 1 heterocycles. The highest BCUT2D eigenvalue weighted by molar-refractivity contribution is 7.80. The Kier molecular flexibility index (Phi) is 5.13. The molecule has 1 aromatic rings. The van der Waals surface area contributed by atoms with Crippen LogP contribution < -0.4 is 10.5 Å². The van der Waals surface area contributed by atoms with E-state index in [1.807, 2.05) is 24.3 Å². The Hall–Kier alpha value is -1.17. The number of hydrogen-bond acceptors (Lipinski definition) is 4. The zero-order valence-corrected chi connectivity index (χ0v) is 12.0. The summed E-state index contributed by atoms with van der Waals surface area (Å²) in [5.74, 6) is 0.848. The smallest absolute Gasteiger partial charge is 0.119 e. The summed E-state index contributed by atoms with van der Waals surface area (Å²) in [7, 11) is 0. The summed E-state index contributed by atoms with van der Waals surface area (Å²) in [6.45, 7) is 6.47. The van der Waals surface area contributed by atoms with Crippen LogP contribution in [-0.4, -0.2) is 48.8 Å². The lowest BCUT2D eigenvalue weighted by Crippen LogP contribution is -2.42. The third-order valence-corrected chi connectivity index (χ3v) is 3.38. The van der Waals surface area contributed by atoms with Gasteiger partial charge in [-0.05, 0) is 31.2 Å². The van der Waals surface area contributed by atoms with Crippen LogP contribution >= 0.6 is 12.2 Å². The van der Waals surface area contributed by atoms with Crippen molar-refractivity contribution in [3.63, 3.8) is 0 Å². The van der Waals surface area contributed by atoms with Gasteiger partial charge >= 0.3 is 0 Å².